The molecule has 88 valence electrons. The fraction of sp³-hybridized carbons (Fsp3) is 0.333. The van der Waals surface area contributed by atoms with Crippen LogP contribution < -0.4 is 11.1 Å². The van der Waals surface area contributed by atoms with Crippen LogP contribution in [0, 0.1) is 6.92 Å². The maximum atomic E-state index is 11.8. The number of H-pyrrole nitrogens is 1. The van der Waals surface area contributed by atoms with Crippen LogP contribution in [0.25, 0.3) is 11.0 Å². The number of aromatic amines is 1. The van der Waals surface area contributed by atoms with Crippen LogP contribution in [0.2, 0.25) is 0 Å². The van der Waals surface area contributed by atoms with Crippen molar-refractivity contribution in [1.29, 1.82) is 0 Å². The fourth-order valence-electron chi connectivity index (χ4n) is 2.27. The number of nitrogens with zero attached hydrogens (tertiary/aromatic N) is 1. The van der Waals surface area contributed by atoms with Crippen LogP contribution in [0.5, 0.6) is 0 Å². The second-order valence-electron chi connectivity index (χ2n) is 4.22. The smallest absolute Gasteiger partial charge is 0.316 e. The summed E-state index contributed by atoms with van der Waals surface area (Å²) in [7, 11) is 0. The minimum atomic E-state index is -0.575. The van der Waals surface area contributed by atoms with Crippen LogP contribution in [0.3, 0.4) is 0 Å². The number of hydrogen-bond acceptors (Lipinski definition) is 3. The number of benzene rings is 1. The Morgan fingerprint density at radius 3 is 3.00 bits per heavy atom. The molecule has 1 aromatic heterocycles. The lowest BCUT2D eigenvalue weighted by Crippen LogP contribution is -2.36. The Morgan fingerprint density at radius 1 is 1.35 bits per heavy atom. The van der Waals surface area contributed by atoms with Gasteiger partial charge in [-0.05, 0) is 18.6 Å². The average Bonchev–Trinajstić information content (AvgIpc) is 2.54. The first kappa shape index (κ1) is 10.3. The number of rotatable bonds is 0. The Kier molecular flexibility index (Phi) is 2.16. The standard InChI is InChI=1S/C12H12N2O3/c1-7-2-3-9-10-8(7)6-17-5-4-14(10)12(16)11(15)13-9/h2-3H,4-6H2,1H3,(H,13,15). The summed E-state index contributed by atoms with van der Waals surface area (Å²) in [5, 5.41) is 0. The van der Waals surface area contributed by atoms with Gasteiger partial charge in [0.05, 0.1) is 24.2 Å². The highest BCUT2D eigenvalue weighted by Crippen LogP contribution is 2.21. The lowest BCUT2D eigenvalue weighted by Gasteiger charge is -2.10. The summed E-state index contributed by atoms with van der Waals surface area (Å²) >= 11 is 0. The topological polar surface area (TPSA) is 64.1 Å². The van der Waals surface area contributed by atoms with E-state index in [1.807, 2.05) is 19.1 Å². The van der Waals surface area contributed by atoms with E-state index in [0.29, 0.717) is 25.3 Å². The highest BCUT2D eigenvalue weighted by molar-refractivity contribution is 5.79. The molecule has 5 nitrogen and oxygen atoms in total. The molecule has 0 amide bonds. The molecule has 2 heterocycles. The van der Waals surface area contributed by atoms with Crippen molar-refractivity contribution in [1.82, 2.24) is 9.55 Å². The lowest BCUT2D eigenvalue weighted by molar-refractivity contribution is 0.119. The van der Waals surface area contributed by atoms with Gasteiger partial charge in [-0.3, -0.25) is 14.2 Å². The van der Waals surface area contributed by atoms with Gasteiger partial charge in [0.1, 0.15) is 0 Å². The Hall–Kier alpha value is -1.88. The first-order chi connectivity index (χ1) is 8.18. The van der Waals surface area contributed by atoms with Crippen molar-refractivity contribution in [3.8, 4) is 0 Å². The van der Waals surface area contributed by atoms with Crippen molar-refractivity contribution in [2.45, 2.75) is 20.1 Å². The molecular weight excluding hydrogens is 220 g/mol. The van der Waals surface area contributed by atoms with Gasteiger partial charge in [-0.2, -0.15) is 0 Å². The maximum Gasteiger partial charge on any atom is 0.316 e. The first-order valence-corrected chi connectivity index (χ1v) is 5.51. The number of hydrogen-bond donors (Lipinski definition) is 1. The zero-order chi connectivity index (χ0) is 12.0. The number of ether oxygens (including phenoxy) is 1. The Balaban J connectivity index is 2.58. The molecule has 0 unspecified atom stereocenters. The van der Waals surface area contributed by atoms with Gasteiger partial charge < -0.3 is 9.72 Å². The van der Waals surface area contributed by atoms with Gasteiger partial charge in [0, 0.05) is 12.1 Å². The van der Waals surface area contributed by atoms with E-state index in [0.717, 1.165) is 16.6 Å². The molecule has 5 heteroatoms. The number of aromatic nitrogens is 2. The van der Waals surface area contributed by atoms with Crippen molar-refractivity contribution < 1.29 is 4.74 Å². The summed E-state index contributed by atoms with van der Waals surface area (Å²) in [6, 6.07) is 3.76. The van der Waals surface area contributed by atoms with Crippen molar-refractivity contribution in [2.24, 2.45) is 0 Å². The number of aryl methyl sites for hydroxylation is 1. The molecule has 3 rings (SSSR count). The van der Waals surface area contributed by atoms with Crippen LogP contribution in [0.4, 0.5) is 0 Å². The highest BCUT2D eigenvalue weighted by atomic mass is 16.5. The van der Waals surface area contributed by atoms with Crippen molar-refractivity contribution in [2.75, 3.05) is 6.61 Å². The van der Waals surface area contributed by atoms with Gasteiger partial charge in [-0.15, -0.1) is 0 Å². The molecule has 0 saturated heterocycles. The molecule has 17 heavy (non-hydrogen) atoms. The normalized spacial score (nSPS) is 14.9. The SMILES string of the molecule is Cc1ccc2[nH]c(=O)c(=O)n3c2c1COCC3. The average molecular weight is 232 g/mol. The van der Waals surface area contributed by atoms with Crippen molar-refractivity contribution in [3.05, 3.63) is 44.0 Å². The molecule has 1 N–H and O–H groups in total. The van der Waals surface area contributed by atoms with Gasteiger partial charge in [0.15, 0.2) is 0 Å². The number of nitrogens with one attached hydrogen (secondary N) is 1. The van der Waals surface area contributed by atoms with E-state index in [-0.39, 0.29) is 0 Å². The molecule has 0 aliphatic carbocycles. The molecule has 1 aliphatic heterocycles. The van der Waals surface area contributed by atoms with Crippen molar-refractivity contribution in [3.63, 3.8) is 0 Å². The summed E-state index contributed by atoms with van der Waals surface area (Å²) in [6.45, 7) is 3.33. The van der Waals surface area contributed by atoms with Gasteiger partial charge in [-0.1, -0.05) is 6.07 Å². The molecule has 1 aliphatic rings. The molecule has 0 bridgehead atoms. The maximum absolute atomic E-state index is 11.8. The monoisotopic (exact) mass is 232 g/mol. The summed E-state index contributed by atoms with van der Waals surface area (Å²) in [6.07, 6.45) is 0. The third-order valence-corrected chi connectivity index (χ3v) is 3.18. The third kappa shape index (κ3) is 1.43. The van der Waals surface area contributed by atoms with E-state index in [2.05, 4.69) is 4.98 Å². The largest absolute Gasteiger partial charge is 0.375 e. The Labute approximate surface area is 96.7 Å². The van der Waals surface area contributed by atoms with E-state index < -0.39 is 11.1 Å². The van der Waals surface area contributed by atoms with E-state index in [1.54, 1.807) is 0 Å². The van der Waals surface area contributed by atoms with Gasteiger partial charge >= 0.3 is 11.1 Å². The van der Waals surface area contributed by atoms with Gasteiger partial charge in [-0.25, -0.2) is 0 Å². The Bertz CT molecular complexity index is 712. The molecule has 0 radical (unpaired) electrons. The molecule has 0 saturated carbocycles. The van der Waals surface area contributed by atoms with Crippen LogP contribution in [0.15, 0.2) is 21.7 Å². The molecular formula is C12H12N2O3. The van der Waals surface area contributed by atoms with Crippen LogP contribution in [-0.4, -0.2) is 16.2 Å². The summed E-state index contributed by atoms with van der Waals surface area (Å²) in [5.41, 5.74) is 2.46. The third-order valence-electron chi connectivity index (χ3n) is 3.18. The van der Waals surface area contributed by atoms with E-state index in [1.165, 1.54) is 4.57 Å². The zero-order valence-corrected chi connectivity index (χ0v) is 9.45. The summed E-state index contributed by atoms with van der Waals surface area (Å²) in [4.78, 5) is 26.0. The predicted octanol–water partition coefficient (Wildman–Crippen LogP) is 0.528. The lowest BCUT2D eigenvalue weighted by atomic mass is 10.1. The van der Waals surface area contributed by atoms with E-state index >= 15 is 0 Å². The summed E-state index contributed by atoms with van der Waals surface area (Å²) in [5.74, 6) is 0. The van der Waals surface area contributed by atoms with Crippen molar-refractivity contribution >= 4 is 11.0 Å². The molecule has 0 fully saturated rings. The second kappa shape index (κ2) is 3.56. The van der Waals surface area contributed by atoms with E-state index in [4.69, 9.17) is 4.74 Å². The fourth-order valence-corrected chi connectivity index (χ4v) is 2.27. The van der Waals surface area contributed by atoms with Gasteiger partial charge in [0.2, 0.25) is 0 Å². The minimum absolute atomic E-state index is 0.426. The summed E-state index contributed by atoms with van der Waals surface area (Å²) < 4.78 is 6.98. The van der Waals surface area contributed by atoms with E-state index in [9.17, 15) is 9.59 Å². The van der Waals surface area contributed by atoms with Gasteiger partial charge in [0.25, 0.3) is 0 Å². The van der Waals surface area contributed by atoms with Crippen LogP contribution >= 0.6 is 0 Å². The first-order valence-electron chi connectivity index (χ1n) is 5.51. The molecule has 1 aromatic carbocycles. The van der Waals surface area contributed by atoms with Crippen LogP contribution in [0.1, 0.15) is 11.1 Å². The molecule has 0 atom stereocenters. The molecule has 2 aromatic rings. The highest BCUT2D eigenvalue weighted by Gasteiger charge is 2.16. The quantitative estimate of drug-likeness (QED) is 0.674. The second-order valence-corrected chi connectivity index (χ2v) is 4.22. The zero-order valence-electron chi connectivity index (χ0n) is 9.45. The molecule has 0 spiro atoms. The Morgan fingerprint density at radius 2 is 2.18 bits per heavy atom. The predicted molar refractivity (Wildman–Crippen MR) is 63.2 cm³/mol. The minimum Gasteiger partial charge on any atom is -0.375 e. The van der Waals surface area contributed by atoms with Crippen LogP contribution in [-0.2, 0) is 17.9 Å².